The monoisotopic (exact) mass is 470 g/mol. The number of carbonyl (C=O) groups is 4. The lowest BCUT2D eigenvalue weighted by atomic mass is 10.0. The van der Waals surface area contributed by atoms with E-state index in [1.165, 1.54) is 0 Å². The van der Waals surface area contributed by atoms with Crippen LogP contribution in [0.15, 0.2) is 11.3 Å². The van der Waals surface area contributed by atoms with Crippen molar-refractivity contribution in [2.45, 2.75) is 84.2 Å². The summed E-state index contributed by atoms with van der Waals surface area (Å²) in [7, 11) is 0. The number of nitrogens with one attached hydrogen (secondary N) is 2. The Bertz CT molecular complexity index is 677. The highest BCUT2D eigenvalue weighted by Gasteiger charge is 2.31. The number of ether oxygens (including phenoxy) is 3. The summed E-state index contributed by atoms with van der Waals surface area (Å²) in [5.41, 5.74) is -0.389. The summed E-state index contributed by atoms with van der Waals surface area (Å²) >= 11 is 0. The molecule has 10 nitrogen and oxygen atoms in total. The van der Waals surface area contributed by atoms with Crippen molar-refractivity contribution in [2.24, 2.45) is 0 Å². The third-order valence-electron chi connectivity index (χ3n) is 5.08. The van der Waals surface area contributed by atoms with E-state index in [0.29, 0.717) is 13.1 Å². The second kappa shape index (κ2) is 16.8. The zero-order chi connectivity index (χ0) is 24.5. The molecule has 0 aromatic rings. The minimum absolute atomic E-state index is 0.00985. The highest BCUT2D eigenvalue weighted by molar-refractivity contribution is 6.18. The number of unbranched alkanes of at least 4 members (excludes halogenated alkanes) is 6. The molecule has 3 N–H and O–H groups in total. The maximum absolute atomic E-state index is 12.3. The van der Waals surface area contributed by atoms with Crippen LogP contribution in [-0.4, -0.2) is 61.5 Å². The molecule has 1 atom stereocenters. The maximum atomic E-state index is 12.3. The van der Waals surface area contributed by atoms with Crippen LogP contribution in [0.3, 0.4) is 0 Å². The van der Waals surface area contributed by atoms with Crippen molar-refractivity contribution in [1.82, 2.24) is 10.6 Å². The summed E-state index contributed by atoms with van der Waals surface area (Å²) in [6.07, 6.45) is 5.62. The molecule has 33 heavy (non-hydrogen) atoms. The SMILES string of the molecule is CCCCCCNC(=O)OCC(CCC(=O)C1=C(O)COC1=O)OC(=O)NCCCCCC. The quantitative estimate of drug-likeness (QED) is 0.127. The number of alkyl carbamates (subject to hydrolysis) is 2. The molecular formula is C23H38N2O8. The normalized spacial score (nSPS) is 13.9. The fraction of sp³-hybridized carbons (Fsp3) is 0.739. The average molecular weight is 471 g/mol. The van der Waals surface area contributed by atoms with Crippen molar-refractivity contribution in [3.63, 3.8) is 0 Å². The maximum Gasteiger partial charge on any atom is 0.407 e. The number of hydrogen-bond acceptors (Lipinski definition) is 8. The lowest BCUT2D eigenvalue weighted by Crippen LogP contribution is -2.35. The molecule has 0 radical (unpaired) electrons. The van der Waals surface area contributed by atoms with E-state index in [1.54, 1.807) is 0 Å². The number of Topliss-reactive ketones (excluding diaryl/α,β-unsaturated/α-hetero) is 1. The molecule has 0 aromatic carbocycles. The van der Waals surface area contributed by atoms with Crippen molar-refractivity contribution in [3.8, 4) is 0 Å². The highest BCUT2D eigenvalue weighted by Crippen LogP contribution is 2.18. The van der Waals surface area contributed by atoms with E-state index in [-0.39, 0.29) is 31.6 Å². The Hall–Kier alpha value is -2.78. The number of aliphatic hydroxyl groups is 1. The van der Waals surface area contributed by atoms with Gasteiger partial charge < -0.3 is 30.0 Å². The van der Waals surface area contributed by atoms with Gasteiger partial charge in [0.25, 0.3) is 0 Å². The molecule has 2 amide bonds. The largest absolute Gasteiger partial charge is 0.508 e. The molecule has 1 unspecified atom stereocenters. The second-order valence-corrected chi connectivity index (χ2v) is 7.96. The summed E-state index contributed by atoms with van der Waals surface area (Å²) in [6, 6.07) is 0. The summed E-state index contributed by atoms with van der Waals surface area (Å²) in [5, 5.41) is 14.9. The first-order valence-corrected chi connectivity index (χ1v) is 11.9. The Morgan fingerprint density at radius 1 is 0.970 bits per heavy atom. The predicted octanol–water partition coefficient (Wildman–Crippen LogP) is 3.69. The number of cyclic esters (lactones) is 1. The summed E-state index contributed by atoms with van der Waals surface area (Å²) in [4.78, 5) is 47.9. The van der Waals surface area contributed by atoms with Gasteiger partial charge in [-0.3, -0.25) is 4.79 Å². The topological polar surface area (TPSA) is 140 Å². The van der Waals surface area contributed by atoms with E-state index < -0.39 is 35.8 Å². The first-order chi connectivity index (χ1) is 15.9. The molecule has 10 heteroatoms. The number of rotatable bonds is 17. The van der Waals surface area contributed by atoms with Gasteiger partial charge in [-0.1, -0.05) is 52.4 Å². The van der Waals surface area contributed by atoms with Gasteiger partial charge in [0.05, 0.1) is 0 Å². The number of ketones is 1. The van der Waals surface area contributed by atoms with Crippen molar-refractivity contribution >= 4 is 23.9 Å². The summed E-state index contributed by atoms with van der Waals surface area (Å²) < 4.78 is 15.1. The zero-order valence-corrected chi connectivity index (χ0v) is 19.8. The lowest BCUT2D eigenvalue weighted by Gasteiger charge is -2.18. The van der Waals surface area contributed by atoms with Gasteiger partial charge in [-0.05, 0) is 19.3 Å². The van der Waals surface area contributed by atoms with Gasteiger partial charge in [0, 0.05) is 19.5 Å². The van der Waals surface area contributed by atoms with E-state index in [2.05, 4.69) is 29.2 Å². The lowest BCUT2D eigenvalue weighted by molar-refractivity contribution is -0.137. The van der Waals surface area contributed by atoms with E-state index in [1.807, 2.05) is 0 Å². The fourth-order valence-corrected chi connectivity index (χ4v) is 3.16. The molecule has 0 fully saturated rings. The van der Waals surface area contributed by atoms with Gasteiger partial charge in [-0.15, -0.1) is 0 Å². The number of carbonyl (C=O) groups excluding carboxylic acids is 4. The van der Waals surface area contributed by atoms with E-state index >= 15 is 0 Å². The van der Waals surface area contributed by atoms with Crippen LogP contribution in [0.25, 0.3) is 0 Å². The first-order valence-electron chi connectivity index (χ1n) is 11.9. The molecule has 1 rings (SSSR count). The van der Waals surface area contributed by atoms with Crippen LogP contribution in [0.1, 0.15) is 78.1 Å². The Morgan fingerprint density at radius 3 is 2.12 bits per heavy atom. The number of hydrogen-bond donors (Lipinski definition) is 3. The van der Waals surface area contributed by atoms with Crippen molar-refractivity contribution in [3.05, 3.63) is 11.3 Å². The molecular weight excluding hydrogens is 432 g/mol. The van der Waals surface area contributed by atoms with Crippen LogP contribution in [0.5, 0.6) is 0 Å². The number of aliphatic hydroxyl groups excluding tert-OH is 1. The van der Waals surface area contributed by atoms with Crippen molar-refractivity contribution < 1.29 is 38.5 Å². The van der Waals surface area contributed by atoms with Crippen molar-refractivity contribution in [2.75, 3.05) is 26.3 Å². The molecule has 0 saturated heterocycles. The molecule has 1 heterocycles. The minimum Gasteiger partial charge on any atom is -0.508 e. The molecule has 0 bridgehead atoms. The Labute approximate surface area is 195 Å². The van der Waals surface area contributed by atoms with Crippen LogP contribution in [0.2, 0.25) is 0 Å². The zero-order valence-electron chi connectivity index (χ0n) is 19.8. The van der Waals surface area contributed by atoms with E-state index in [0.717, 1.165) is 51.4 Å². The fourth-order valence-electron chi connectivity index (χ4n) is 3.16. The Morgan fingerprint density at radius 2 is 1.58 bits per heavy atom. The van der Waals surface area contributed by atoms with E-state index in [4.69, 9.17) is 9.47 Å². The average Bonchev–Trinajstić information content (AvgIpc) is 3.13. The molecule has 0 saturated carbocycles. The highest BCUT2D eigenvalue weighted by atomic mass is 16.6. The molecule has 0 spiro atoms. The molecule has 0 aliphatic carbocycles. The van der Waals surface area contributed by atoms with Crippen LogP contribution in [0, 0.1) is 0 Å². The Kier molecular flexibility index (Phi) is 14.4. The Balaban J connectivity index is 2.52. The molecule has 1 aliphatic rings. The first kappa shape index (κ1) is 28.3. The second-order valence-electron chi connectivity index (χ2n) is 7.96. The third kappa shape index (κ3) is 12.1. The third-order valence-corrected chi connectivity index (χ3v) is 5.08. The smallest absolute Gasteiger partial charge is 0.407 e. The van der Waals surface area contributed by atoms with E-state index in [9.17, 15) is 24.3 Å². The molecule has 1 aliphatic heterocycles. The minimum atomic E-state index is -0.893. The van der Waals surface area contributed by atoms with Gasteiger partial charge in [0.1, 0.15) is 30.6 Å². The van der Waals surface area contributed by atoms with Gasteiger partial charge in [-0.25, -0.2) is 14.4 Å². The van der Waals surface area contributed by atoms with Gasteiger partial charge in [0.2, 0.25) is 0 Å². The number of esters is 1. The summed E-state index contributed by atoms with van der Waals surface area (Å²) in [5.74, 6) is -1.91. The van der Waals surface area contributed by atoms with Crippen LogP contribution in [-0.2, 0) is 23.8 Å². The van der Waals surface area contributed by atoms with Gasteiger partial charge in [-0.2, -0.15) is 0 Å². The van der Waals surface area contributed by atoms with Gasteiger partial charge in [0.15, 0.2) is 5.78 Å². The number of amides is 2. The van der Waals surface area contributed by atoms with Gasteiger partial charge >= 0.3 is 18.2 Å². The molecule has 188 valence electrons. The van der Waals surface area contributed by atoms with Crippen LogP contribution >= 0.6 is 0 Å². The van der Waals surface area contributed by atoms with Crippen LogP contribution in [0.4, 0.5) is 9.59 Å². The summed E-state index contributed by atoms with van der Waals surface area (Å²) in [6.45, 7) is 4.55. The van der Waals surface area contributed by atoms with Crippen molar-refractivity contribution in [1.29, 1.82) is 0 Å². The predicted molar refractivity (Wildman–Crippen MR) is 121 cm³/mol. The van der Waals surface area contributed by atoms with Crippen LogP contribution < -0.4 is 10.6 Å². The molecule has 0 aromatic heterocycles. The standard InChI is InChI=1S/C23H38N2O8/c1-3-5-7-9-13-24-22(29)32-15-17(33-23(30)25-14-10-8-6-4-2)11-12-18(26)20-19(27)16-31-21(20)28/h17,27H,3-16H2,1-2H3,(H,24,29)(H,25,30).